The molecule has 2 aliphatic heterocycles. The van der Waals surface area contributed by atoms with Crippen molar-refractivity contribution >= 4 is 17.4 Å². The van der Waals surface area contributed by atoms with Crippen molar-refractivity contribution in [3.8, 4) is 0 Å². The van der Waals surface area contributed by atoms with Crippen LogP contribution in [0.3, 0.4) is 0 Å². The van der Waals surface area contributed by atoms with Gasteiger partial charge < -0.3 is 10.2 Å². The van der Waals surface area contributed by atoms with E-state index in [1.54, 1.807) is 17.1 Å². The van der Waals surface area contributed by atoms with Gasteiger partial charge in [0.15, 0.2) is 5.78 Å². The molecule has 3 rings (SSSR count). The number of ketones is 1. The Bertz CT molecular complexity index is 757. The number of carbonyl (C=O) groups excluding carboxylic acids is 2. The van der Waals surface area contributed by atoms with E-state index in [0.29, 0.717) is 31.0 Å². The maximum Gasteiger partial charge on any atom is 0.222 e. The number of nitrogens with zero attached hydrogens (tertiary/aromatic N) is 4. The first kappa shape index (κ1) is 20.3. The largest absolute Gasteiger partial charge is 0.370 e. The van der Waals surface area contributed by atoms with E-state index in [1.165, 1.54) is 0 Å². The first-order valence-electron chi connectivity index (χ1n) is 10.2. The van der Waals surface area contributed by atoms with Gasteiger partial charge in [-0.1, -0.05) is 13.8 Å². The fraction of sp³-hybridized carbons (Fsp3) is 0.619. The summed E-state index contributed by atoms with van der Waals surface area (Å²) in [7, 11) is 1.81. The van der Waals surface area contributed by atoms with Gasteiger partial charge in [-0.15, -0.1) is 0 Å². The number of allylic oxidation sites excluding steroid dienone is 1. The maximum atomic E-state index is 12.5. The number of piperidine rings is 1. The number of likely N-dealkylation sites (tertiary alicyclic amines) is 1. The number of carbonyl (C=O) groups is 2. The predicted octanol–water partition coefficient (Wildman–Crippen LogP) is 2.55. The Morgan fingerprint density at radius 2 is 2.04 bits per heavy atom. The monoisotopic (exact) mass is 385 g/mol. The second-order valence-corrected chi connectivity index (χ2v) is 8.04. The Hall–Kier alpha value is -2.44. The van der Waals surface area contributed by atoms with Gasteiger partial charge in [0, 0.05) is 44.4 Å². The van der Waals surface area contributed by atoms with Crippen molar-refractivity contribution in [3.63, 3.8) is 0 Å². The van der Waals surface area contributed by atoms with E-state index in [0.717, 1.165) is 31.4 Å². The van der Waals surface area contributed by atoms with Crippen molar-refractivity contribution in [1.29, 1.82) is 0 Å². The summed E-state index contributed by atoms with van der Waals surface area (Å²) >= 11 is 0. The molecule has 152 valence electrons. The normalized spacial score (nSPS) is 20.2. The third-order valence-electron chi connectivity index (χ3n) is 5.52. The SMILES string of the molecule is CC(C)C1=NC(CCCC(=O)N2CCC(C(=O)c3cnn(C)c3)CC2)NC=C1. The zero-order valence-corrected chi connectivity index (χ0v) is 17.1. The van der Waals surface area contributed by atoms with Gasteiger partial charge in [0.1, 0.15) is 6.17 Å². The molecule has 1 fully saturated rings. The first-order chi connectivity index (χ1) is 13.4. The number of aliphatic imine (C=N–C) groups is 1. The van der Waals surface area contributed by atoms with Gasteiger partial charge >= 0.3 is 0 Å². The predicted molar refractivity (Wildman–Crippen MR) is 109 cm³/mol. The van der Waals surface area contributed by atoms with Crippen molar-refractivity contribution in [3.05, 3.63) is 30.2 Å². The molecule has 1 N–H and O–H groups in total. The summed E-state index contributed by atoms with van der Waals surface area (Å²) in [5.74, 6) is 0.746. The van der Waals surface area contributed by atoms with E-state index in [9.17, 15) is 9.59 Å². The number of hydrogen-bond donors (Lipinski definition) is 1. The Morgan fingerprint density at radius 1 is 1.29 bits per heavy atom. The van der Waals surface area contributed by atoms with Crippen LogP contribution in [0.2, 0.25) is 0 Å². The lowest BCUT2D eigenvalue weighted by Gasteiger charge is -2.31. The fourth-order valence-corrected chi connectivity index (χ4v) is 3.77. The number of nitrogens with one attached hydrogen (secondary N) is 1. The minimum absolute atomic E-state index is 0.00438. The minimum Gasteiger partial charge on any atom is -0.370 e. The van der Waals surface area contributed by atoms with Crippen LogP contribution < -0.4 is 5.32 Å². The molecule has 0 aliphatic carbocycles. The molecule has 0 radical (unpaired) electrons. The van der Waals surface area contributed by atoms with Crippen LogP contribution in [0.25, 0.3) is 0 Å². The quantitative estimate of drug-likeness (QED) is 0.732. The molecule has 2 aliphatic rings. The van der Waals surface area contributed by atoms with Gasteiger partial charge in [-0.25, -0.2) is 0 Å². The van der Waals surface area contributed by atoms with E-state index in [2.05, 4.69) is 24.3 Å². The zero-order chi connectivity index (χ0) is 20.1. The maximum absolute atomic E-state index is 12.5. The fourth-order valence-electron chi connectivity index (χ4n) is 3.77. The lowest BCUT2D eigenvalue weighted by atomic mass is 9.90. The molecule has 28 heavy (non-hydrogen) atoms. The Morgan fingerprint density at radius 3 is 2.68 bits per heavy atom. The van der Waals surface area contributed by atoms with Crippen molar-refractivity contribution < 1.29 is 9.59 Å². The Labute approximate surface area is 166 Å². The van der Waals surface area contributed by atoms with E-state index in [1.807, 2.05) is 24.2 Å². The molecule has 1 aromatic heterocycles. The number of aryl methyl sites for hydroxylation is 1. The Kier molecular flexibility index (Phi) is 6.65. The molecule has 1 amide bonds. The van der Waals surface area contributed by atoms with Crippen molar-refractivity contribution in [2.75, 3.05) is 13.1 Å². The third kappa shape index (κ3) is 5.09. The molecule has 7 nitrogen and oxygen atoms in total. The van der Waals surface area contributed by atoms with Crippen LogP contribution in [-0.4, -0.2) is 51.3 Å². The highest BCUT2D eigenvalue weighted by Gasteiger charge is 2.28. The lowest BCUT2D eigenvalue weighted by Crippen LogP contribution is -2.40. The highest BCUT2D eigenvalue weighted by Crippen LogP contribution is 2.22. The van der Waals surface area contributed by atoms with Gasteiger partial charge in [-0.2, -0.15) is 5.10 Å². The van der Waals surface area contributed by atoms with Crippen LogP contribution >= 0.6 is 0 Å². The summed E-state index contributed by atoms with van der Waals surface area (Å²) in [4.78, 5) is 31.7. The van der Waals surface area contributed by atoms with Gasteiger partial charge in [0.05, 0.1) is 11.8 Å². The van der Waals surface area contributed by atoms with E-state index < -0.39 is 0 Å². The highest BCUT2D eigenvalue weighted by molar-refractivity contribution is 5.97. The summed E-state index contributed by atoms with van der Waals surface area (Å²) in [6.07, 6.45) is 11.1. The second-order valence-electron chi connectivity index (χ2n) is 8.04. The minimum atomic E-state index is -0.00438. The van der Waals surface area contributed by atoms with Crippen LogP contribution in [0, 0.1) is 11.8 Å². The van der Waals surface area contributed by atoms with Gasteiger partial charge in [0.2, 0.25) is 5.91 Å². The van der Waals surface area contributed by atoms with Crippen molar-refractivity contribution in [2.45, 2.75) is 52.1 Å². The number of Topliss-reactive ketones (excluding diaryl/α,β-unsaturated/α-hetero) is 1. The molecule has 3 heterocycles. The third-order valence-corrected chi connectivity index (χ3v) is 5.52. The molecule has 0 spiro atoms. The van der Waals surface area contributed by atoms with Crippen LogP contribution in [0.1, 0.15) is 56.3 Å². The van der Waals surface area contributed by atoms with Crippen LogP contribution in [0.15, 0.2) is 29.7 Å². The van der Waals surface area contributed by atoms with Gasteiger partial charge in [-0.3, -0.25) is 19.3 Å². The molecule has 7 heteroatoms. The van der Waals surface area contributed by atoms with E-state index in [4.69, 9.17) is 4.99 Å². The van der Waals surface area contributed by atoms with Crippen molar-refractivity contribution in [2.24, 2.45) is 23.9 Å². The summed E-state index contributed by atoms with van der Waals surface area (Å²) in [5.41, 5.74) is 1.78. The molecular formula is C21H31N5O2. The summed E-state index contributed by atoms with van der Waals surface area (Å²) in [6, 6.07) is 0. The van der Waals surface area contributed by atoms with Crippen LogP contribution in [-0.2, 0) is 11.8 Å². The average Bonchev–Trinajstić information content (AvgIpc) is 3.14. The van der Waals surface area contributed by atoms with E-state index in [-0.39, 0.29) is 23.8 Å². The second kappa shape index (κ2) is 9.17. The zero-order valence-electron chi connectivity index (χ0n) is 17.1. The van der Waals surface area contributed by atoms with E-state index >= 15 is 0 Å². The van der Waals surface area contributed by atoms with Crippen molar-refractivity contribution in [1.82, 2.24) is 20.0 Å². The molecule has 0 saturated carbocycles. The topological polar surface area (TPSA) is 79.6 Å². The molecular weight excluding hydrogens is 354 g/mol. The Balaban J connectivity index is 1.39. The summed E-state index contributed by atoms with van der Waals surface area (Å²) in [6.45, 7) is 5.60. The molecule has 1 aromatic rings. The summed E-state index contributed by atoms with van der Waals surface area (Å²) in [5, 5.41) is 7.33. The van der Waals surface area contributed by atoms with Crippen LogP contribution in [0.5, 0.6) is 0 Å². The van der Waals surface area contributed by atoms with Gasteiger partial charge in [0.25, 0.3) is 0 Å². The number of amides is 1. The van der Waals surface area contributed by atoms with Gasteiger partial charge in [-0.05, 0) is 43.9 Å². The first-order valence-corrected chi connectivity index (χ1v) is 10.2. The van der Waals surface area contributed by atoms with Crippen LogP contribution in [0.4, 0.5) is 0 Å². The smallest absolute Gasteiger partial charge is 0.222 e. The molecule has 0 aromatic carbocycles. The number of rotatable bonds is 7. The molecule has 1 unspecified atom stereocenters. The highest BCUT2D eigenvalue weighted by atomic mass is 16.2. The molecule has 1 saturated heterocycles. The number of aromatic nitrogens is 2. The average molecular weight is 386 g/mol. The molecule has 1 atom stereocenters. The number of hydrogen-bond acceptors (Lipinski definition) is 5. The lowest BCUT2D eigenvalue weighted by molar-refractivity contribution is -0.132. The molecule has 0 bridgehead atoms. The standard InChI is InChI=1S/C21H31N5O2/c1-15(2)18-7-10-22-19(24-18)5-4-6-20(27)26-11-8-16(9-12-26)21(28)17-13-23-25(3)14-17/h7,10,13-16,19,22H,4-6,8-9,11-12H2,1-3H3. The summed E-state index contributed by atoms with van der Waals surface area (Å²) < 4.78 is 1.65.